The molecule has 1 aliphatic heterocycles. The summed E-state index contributed by atoms with van der Waals surface area (Å²) in [6.45, 7) is 1.30. The van der Waals surface area contributed by atoms with Crippen molar-refractivity contribution in [2.24, 2.45) is 5.92 Å². The Balaban J connectivity index is 1.82. The lowest BCUT2D eigenvalue weighted by atomic mass is 9.97. The Bertz CT molecular complexity index is 779. The number of rotatable bonds is 10. The Morgan fingerprint density at radius 1 is 1.13 bits per heavy atom. The highest BCUT2D eigenvalue weighted by molar-refractivity contribution is 8.00. The molecule has 1 fully saturated rings. The van der Waals surface area contributed by atoms with E-state index < -0.39 is 5.97 Å². The first kappa shape index (κ1) is 24.7. The lowest BCUT2D eigenvalue weighted by Crippen LogP contribution is -2.42. The summed E-state index contributed by atoms with van der Waals surface area (Å²) in [5, 5.41) is 2.71. The molecule has 1 aliphatic rings. The van der Waals surface area contributed by atoms with Crippen LogP contribution in [-0.4, -0.2) is 81.5 Å². The van der Waals surface area contributed by atoms with Crippen molar-refractivity contribution in [3.05, 3.63) is 29.8 Å². The maximum absolute atomic E-state index is 12.5. The van der Waals surface area contributed by atoms with Gasteiger partial charge < -0.3 is 24.4 Å². The zero-order chi connectivity index (χ0) is 22.6. The van der Waals surface area contributed by atoms with Gasteiger partial charge in [0.25, 0.3) is 5.91 Å². The van der Waals surface area contributed by atoms with Gasteiger partial charge in [0.2, 0.25) is 5.91 Å². The molecule has 0 saturated carbocycles. The first-order valence-electron chi connectivity index (χ1n) is 9.96. The van der Waals surface area contributed by atoms with Gasteiger partial charge in [-0.15, -0.1) is 11.8 Å². The van der Waals surface area contributed by atoms with E-state index in [4.69, 9.17) is 14.2 Å². The van der Waals surface area contributed by atoms with E-state index in [0.717, 1.165) is 0 Å². The number of hydrogen-bond donors (Lipinski definition) is 1. The fourth-order valence-corrected chi connectivity index (χ4v) is 3.95. The van der Waals surface area contributed by atoms with Crippen molar-refractivity contribution in [3.63, 3.8) is 0 Å². The molecule has 2 amide bonds. The molecule has 1 saturated heterocycles. The van der Waals surface area contributed by atoms with E-state index in [2.05, 4.69) is 5.32 Å². The van der Waals surface area contributed by atoms with Crippen molar-refractivity contribution in [3.8, 4) is 0 Å². The topological polar surface area (TPSA) is 111 Å². The number of methoxy groups -OCH3 is 2. The summed E-state index contributed by atoms with van der Waals surface area (Å²) < 4.78 is 14.8. The summed E-state index contributed by atoms with van der Waals surface area (Å²) in [7, 11) is 2.90. The molecule has 0 unspecified atom stereocenters. The third-order valence-corrected chi connectivity index (χ3v) is 5.88. The second-order valence-electron chi connectivity index (χ2n) is 6.88. The van der Waals surface area contributed by atoms with Crippen LogP contribution in [0.4, 0.5) is 0 Å². The van der Waals surface area contributed by atoms with Crippen molar-refractivity contribution in [1.82, 2.24) is 10.2 Å². The van der Waals surface area contributed by atoms with Crippen LogP contribution in [0.5, 0.6) is 0 Å². The minimum atomic E-state index is -0.624. The van der Waals surface area contributed by atoms with Crippen molar-refractivity contribution < 1.29 is 33.4 Å². The average Bonchev–Trinajstić information content (AvgIpc) is 2.81. The van der Waals surface area contributed by atoms with E-state index in [-0.39, 0.29) is 36.1 Å². The fourth-order valence-electron chi connectivity index (χ4n) is 3.08. The third-order valence-electron chi connectivity index (χ3n) is 4.80. The number of likely N-dealkylation sites (tertiary alicyclic amines) is 1. The van der Waals surface area contributed by atoms with Crippen molar-refractivity contribution in [1.29, 1.82) is 0 Å². The maximum atomic E-state index is 12.5. The normalized spacial score (nSPS) is 14.1. The van der Waals surface area contributed by atoms with Gasteiger partial charge in [-0.1, -0.05) is 12.1 Å². The van der Waals surface area contributed by atoms with Crippen LogP contribution in [0.2, 0.25) is 0 Å². The van der Waals surface area contributed by atoms with Crippen LogP contribution in [0, 0.1) is 5.92 Å². The summed E-state index contributed by atoms with van der Waals surface area (Å²) in [6.07, 6.45) is 1.05. The van der Waals surface area contributed by atoms with Gasteiger partial charge in [0.1, 0.15) is 0 Å². The number of ether oxygens (including phenoxy) is 3. The fraction of sp³-hybridized carbons (Fsp3) is 0.524. The number of thioether (sulfide) groups is 1. The molecule has 0 aliphatic carbocycles. The molecule has 10 heteroatoms. The molecule has 0 spiro atoms. The molecule has 0 radical (unpaired) electrons. The van der Waals surface area contributed by atoms with Crippen LogP contribution in [0.3, 0.4) is 0 Å². The molecule has 1 heterocycles. The van der Waals surface area contributed by atoms with Crippen molar-refractivity contribution in [2.75, 3.05) is 52.8 Å². The number of carbonyl (C=O) groups is 4. The van der Waals surface area contributed by atoms with E-state index in [0.29, 0.717) is 49.5 Å². The SMILES string of the molecule is COCCNC(=O)CSc1ccccc1C(=O)OCC(=O)N1CCC(C(=O)OC)CC1. The summed E-state index contributed by atoms with van der Waals surface area (Å²) in [5.74, 6) is -1.43. The molecule has 31 heavy (non-hydrogen) atoms. The van der Waals surface area contributed by atoms with Gasteiger partial charge in [0.05, 0.1) is 31.0 Å². The lowest BCUT2D eigenvalue weighted by molar-refractivity contribution is -0.149. The predicted molar refractivity (Wildman–Crippen MR) is 114 cm³/mol. The zero-order valence-corrected chi connectivity index (χ0v) is 18.6. The molecular weight excluding hydrogens is 424 g/mol. The molecule has 1 aromatic carbocycles. The van der Waals surface area contributed by atoms with E-state index in [1.165, 1.54) is 18.9 Å². The molecule has 0 atom stereocenters. The number of esters is 2. The van der Waals surface area contributed by atoms with Crippen LogP contribution in [-0.2, 0) is 28.6 Å². The Kier molecular flexibility index (Phi) is 10.3. The summed E-state index contributed by atoms with van der Waals surface area (Å²) in [4.78, 5) is 50.5. The molecule has 170 valence electrons. The monoisotopic (exact) mass is 452 g/mol. The largest absolute Gasteiger partial charge is 0.469 e. The first-order valence-corrected chi connectivity index (χ1v) is 10.9. The molecule has 9 nitrogen and oxygen atoms in total. The van der Waals surface area contributed by atoms with Gasteiger partial charge in [0.15, 0.2) is 6.61 Å². The number of piperidine rings is 1. The van der Waals surface area contributed by atoms with Gasteiger partial charge >= 0.3 is 11.9 Å². The number of nitrogens with one attached hydrogen (secondary N) is 1. The van der Waals surface area contributed by atoms with Crippen LogP contribution in [0.15, 0.2) is 29.2 Å². The number of hydrogen-bond acceptors (Lipinski definition) is 8. The number of carbonyl (C=O) groups excluding carboxylic acids is 4. The highest BCUT2D eigenvalue weighted by Gasteiger charge is 2.28. The standard InChI is InChI=1S/C21H28N2O7S/c1-28-12-9-22-18(24)14-31-17-6-4-3-5-16(17)21(27)30-13-19(25)23-10-7-15(8-11-23)20(26)29-2/h3-6,15H,7-14H2,1-2H3,(H,22,24). The van der Waals surface area contributed by atoms with Crippen molar-refractivity contribution in [2.45, 2.75) is 17.7 Å². The summed E-state index contributed by atoms with van der Waals surface area (Å²) in [6, 6.07) is 6.78. The second kappa shape index (κ2) is 13.0. The third kappa shape index (κ3) is 7.87. The lowest BCUT2D eigenvalue weighted by Gasteiger charge is -2.30. The van der Waals surface area contributed by atoms with Crippen LogP contribution < -0.4 is 5.32 Å². The Labute approximate surface area is 185 Å². The average molecular weight is 453 g/mol. The zero-order valence-electron chi connectivity index (χ0n) is 17.8. The highest BCUT2D eigenvalue weighted by atomic mass is 32.2. The van der Waals surface area contributed by atoms with Crippen molar-refractivity contribution >= 4 is 35.5 Å². The van der Waals surface area contributed by atoms with Gasteiger partial charge in [-0.2, -0.15) is 0 Å². The smallest absolute Gasteiger partial charge is 0.339 e. The van der Waals surface area contributed by atoms with Gasteiger partial charge in [-0.05, 0) is 25.0 Å². The maximum Gasteiger partial charge on any atom is 0.339 e. The second-order valence-corrected chi connectivity index (χ2v) is 7.90. The number of nitrogens with zero attached hydrogens (tertiary/aromatic N) is 1. The van der Waals surface area contributed by atoms with Gasteiger partial charge in [0, 0.05) is 31.6 Å². The quantitative estimate of drug-likeness (QED) is 0.319. The Morgan fingerprint density at radius 3 is 2.52 bits per heavy atom. The molecule has 0 bridgehead atoms. The van der Waals surface area contributed by atoms with E-state index in [1.807, 2.05) is 0 Å². The van der Waals surface area contributed by atoms with Gasteiger partial charge in [-0.25, -0.2) is 4.79 Å². The van der Waals surface area contributed by atoms with Crippen LogP contribution >= 0.6 is 11.8 Å². The molecular formula is C21H28N2O7S. The molecule has 1 aromatic rings. The molecule has 1 N–H and O–H groups in total. The Hall–Kier alpha value is -2.59. The van der Waals surface area contributed by atoms with E-state index in [1.54, 1.807) is 36.3 Å². The first-order chi connectivity index (χ1) is 15.0. The van der Waals surface area contributed by atoms with E-state index >= 15 is 0 Å². The summed E-state index contributed by atoms with van der Waals surface area (Å²) in [5.41, 5.74) is 0.300. The number of amides is 2. The molecule has 0 aromatic heterocycles. The predicted octanol–water partition coefficient (Wildman–Crippen LogP) is 1.11. The molecule has 2 rings (SSSR count). The van der Waals surface area contributed by atoms with Crippen LogP contribution in [0.1, 0.15) is 23.2 Å². The van der Waals surface area contributed by atoms with Gasteiger partial charge in [-0.3, -0.25) is 14.4 Å². The Morgan fingerprint density at radius 2 is 1.84 bits per heavy atom. The van der Waals surface area contributed by atoms with E-state index in [9.17, 15) is 19.2 Å². The summed E-state index contributed by atoms with van der Waals surface area (Å²) >= 11 is 1.22. The number of benzene rings is 1. The minimum Gasteiger partial charge on any atom is -0.469 e. The highest BCUT2D eigenvalue weighted by Crippen LogP contribution is 2.23. The minimum absolute atomic E-state index is 0.141. The van der Waals surface area contributed by atoms with Crippen LogP contribution in [0.25, 0.3) is 0 Å².